The second-order valence-corrected chi connectivity index (χ2v) is 12.0. The normalized spacial score (nSPS) is 14.4. The Labute approximate surface area is 272 Å². The zero-order valence-corrected chi connectivity index (χ0v) is 27.0. The van der Waals surface area contributed by atoms with Crippen LogP contribution in [0.4, 0.5) is 17.6 Å². The van der Waals surface area contributed by atoms with Gasteiger partial charge >= 0.3 is 21.1 Å². The van der Waals surface area contributed by atoms with E-state index in [1.165, 1.54) is 9.36 Å². The molecule has 8 bridgehead atoms. The predicted octanol–water partition coefficient (Wildman–Crippen LogP) is 8.51. The molecule has 9 heteroatoms. The third-order valence-corrected chi connectivity index (χ3v) is 8.41. The fourth-order valence-electron chi connectivity index (χ4n) is 6.02. The fraction of sp³-hybridized carbons (Fsp3) is 0.167. The van der Waals surface area contributed by atoms with E-state index in [1.807, 2.05) is 74.5 Å². The standard InChI is InChI=1S/C36H26F4N4.Pt/c1-35(2)25-15-31(29(39)17-27(25)37)43-19-23(21-11-7-5-8-12-21)33(41-43)36(3,4)34-24(22-13-9-6-10-14-22)20-44(42-34)32-16-26(35)28(38)18-30(32)40;/h5-14,17-20H,1-4H3;/q-2;+2. The summed E-state index contributed by atoms with van der Waals surface area (Å²) in [5.41, 5.74) is 1.26. The van der Waals surface area contributed by atoms with Crippen LogP contribution in [0.3, 0.4) is 0 Å². The van der Waals surface area contributed by atoms with Crippen molar-refractivity contribution in [2.75, 3.05) is 0 Å². The maximum absolute atomic E-state index is 15.6. The number of benzene rings is 4. The summed E-state index contributed by atoms with van der Waals surface area (Å²) in [6, 6.07) is 26.2. The van der Waals surface area contributed by atoms with Crippen LogP contribution in [0.5, 0.6) is 0 Å². The SMILES string of the molecule is CC1(C)c2[c-]c(c(F)cc2F)-n2cc(-c3ccccc3)c(n2)C(C)(C)c2nn(cc2-c2ccccc2)-c2[c-]c1c(F)cc2F.[Pt+2]. The predicted molar refractivity (Wildman–Crippen MR) is 160 cm³/mol. The molecule has 6 aromatic rings. The molecule has 1 aliphatic rings. The molecule has 0 saturated heterocycles. The molecule has 0 atom stereocenters. The maximum Gasteiger partial charge on any atom is 2.00 e. The van der Waals surface area contributed by atoms with Gasteiger partial charge in [0.2, 0.25) is 0 Å². The van der Waals surface area contributed by atoms with E-state index in [4.69, 9.17) is 10.2 Å². The van der Waals surface area contributed by atoms with Gasteiger partial charge in [-0.1, -0.05) is 74.5 Å². The molecule has 4 aromatic carbocycles. The van der Waals surface area contributed by atoms with Gasteiger partial charge in [0.15, 0.2) is 0 Å². The molecular formula is C36H26F4N4Pt. The summed E-state index contributed by atoms with van der Waals surface area (Å²) in [5.74, 6) is -3.63. The largest absolute Gasteiger partial charge is 2.00 e. The number of hydrogen-bond acceptors (Lipinski definition) is 2. The van der Waals surface area contributed by atoms with Crippen molar-refractivity contribution in [3.8, 4) is 33.6 Å². The van der Waals surface area contributed by atoms with E-state index in [-0.39, 0.29) is 43.6 Å². The number of aromatic nitrogens is 4. The number of hydrogen-bond donors (Lipinski definition) is 0. The van der Waals surface area contributed by atoms with Gasteiger partial charge in [-0.15, -0.1) is 35.4 Å². The molecule has 0 saturated carbocycles. The van der Waals surface area contributed by atoms with Crippen molar-refractivity contribution >= 4 is 0 Å². The second-order valence-electron chi connectivity index (χ2n) is 12.0. The van der Waals surface area contributed by atoms with E-state index in [0.29, 0.717) is 22.5 Å². The van der Waals surface area contributed by atoms with Crippen molar-refractivity contribution in [2.24, 2.45) is 0 Å². The van der Waals surface area contributed by atoms with Crippen LogP contribution in [0.2, 0.25) is 0 Å². The summed E-state index contributed by atoms with van der Waals surface area (Å²) in [5, 5.41) is 9.78. The molecule has 1 aliphatic heterocycles. The van der Waals surface area contributed by atoms with Crippen molar-refractivity contribution in [1.82, 2.24) is 19.6 Å². The maximum atomic E-state index is 15.6. The Kier molecular flexibility index (Phi) is 7.48. The van der Waals surface area contributed by atoms with Crippen LogP contribution in [0, 0.1) is 35.4 Å². The van der Waals surface area contributed by atoms with Gasteiger partial charge in [-0.3, -0.25) is 26.9 Å². The first kappa shape index (κ1) is 30.7. The first-order valence-corrected chi connectivity index (χ1v) is 14.1. The van der Waals surface area contributed by atoms with Crippen molar-refractivity contribution in [1.29, 1.82) is 0 Å². The third-order valence-electron chi connectivity index (χ3n) is 8.41. The van der Waals surface area contributed by atoms with Crippen LogP contribution in [0.1, 0.15) is 50.2 Å². The van der Waals surface area contributed by atoms with Crippen LogP contribution < -0.4 is 0 Å². The van der Waals surface area contributed by atoms with Crippen LogP contribution in [0.15, 0.2) is 85.2 Å². The van der Waals surface area contributed by atoms with E-state index >= 15 is 17.6 Å². The smallest absolute Gasteiger partial charge is 0.284 e. The Balaban J connectivity index is 0.00000357. The molecule has 0 N–H and O–H groups in total. The summed E-state index contributed by atoms with van der Waals surface area (Å²) in [6.07, 6.45) is 3.36. The van der Waals surface area contributed by atoms with Crippen molar-refractivity contribution in [3.63, 3.8) is 0 Å². The van der Waals surface area contributed by atoms with Crippen molar-refractivity contribution in [3.05, 3.63) is 143 Å². The summed E-state index contributed by atoms with van der Waals surface area (Å²) in [6.45, 7) is 6.99. The molecule has 228 valence electrons. The topological polar surface area (TPSA) is 35.6 Å². The van der Waals surface area contributed by atoms with Gasteiger partial charge in [0.05, 0.1) is 16.8 Å². The second kappa shape index (κ2) is 11.0. The molecule has 0 aliphatic carbocycles. The van der Waals surface area contributed by atoms with Crippen molar-refractivity contribution < 1.29 is 38.6 Å². The monoisotopic (exact) mass is 785 g/mol. The van der Waals surface area contributed by atoms with Gasteiger partial charge < -0.3 is 0 Å². The molecule has 0 unspecified atom stereocenters. The van der Waals surface area contributed by atoms with Crippen LogP contribution in [-0.2, 0) is 31.9 Å². The van der Waals surface area contributed by atoms with Gasteiger partial charge in [0.1, 0.15) is 0 Å². The van der Waals surface area contributed by atoms with Gasteiger partial charge in [-0.2, -0.15) is 10.2 Å². The van der Waals surface area contributed by atoms with Gasteiger partial charge in [-0.25, -0.2) is 0 Å². The minimum atomic E-state index is -1.45. The number of rotatable bonds is 2. The van der Waals surface area contributed by atoms with Gasteiger partial charge in [0.25, 0.3) is 0 Å². The third kappa shape index (κ3) is 4.87. The Bertz CT molecular complexity index is 1920. The van der Waals surface area contributed by atoms with E-state index in [2.05, 4.69) is 12.1 Å². The molecule has 0 amide bonds. The summed E-state index contributed by atoms with van der Waals surface area (Å²) < 4.78 is 64.8. The Morgan fingerprint density at radius 1 is 0.556 bits per heavy atom. The number of fused-ring (bicyclic) bond motifs is 10. The van der Waals surface area contributed by atoms with Gasteiger partial charge in [0, 0.05) is 46.8 Å². The van der Waals surface area contributed by atoms with E-state index < -0.39 is 34.1 Å². The molecular weight excluding hydrogens is 759 g/mol. The molecule has 2 aromatic heterocycles. The Morgan fingerprint density at radius 3 is 1.31 bits per heavy atom. The molecule has 45 heavy (non-hydrogen) atoms. The first-order chi connectivity index (χ1) is 21.0. The molecule has 0 radical (unpaired) electrons. The zero-order valence-electron chi connectivity index (χ0n) is 24.7. The summed E-state index contributed by atoms with van der Waals surface area (Å²) >= 11 is 0. The zero-order chi connectivity index (χ0) is 31.0. The van der Waals surface area contributed by atoms with Crippen LogP contribution >= 0.6 is 0 Å². The summed E-state index contributed by atoms with van der Waals surface area (Å²) in [7, 11) is 0. The minimum Gasteiger partial charge on any atom is -0.284 e. The number of halogens is 4. The van der Waals surface area contributed by atoms with Crippen molar-refractivity contribution in [2.45, 2.75) is 38.5 Å². The minimum absolute atomic E-state index is 0. The summed E-state index contributed by atoms with van der Waals surface area (Å²) in [4.78, 5) is 0. The first-order valence-electron chi connectivity index (χ1n) is 14.1. The molecule has 7 rings (SSSR count). The van der Waals surface area contributed by atoms with E-state index in [1.54, 1.807) is 26.2 Å². The van der Waals surface area contributed by atoms with Crippen LogP contribution in [0.25, 0.3) is 33.6 Å². The van der Waals surface area contributed by atoms with Crippen LogP contribution in [-0.4, -0.2) is 19.6 Å². The molecule has 0 spiro atoms. The molecule has 4 nitrogen and oxygen atoms in total. The number of nitrogens with zero attached hydrogens (tertiary/aromatic N) is 4. The average molecular weight is 786 g/mol. The van der Waals surface area contributed by atoms with E-state index in [9.17, 15) is 0 Å². The molecule has 0 fully saturated rings. The Morgan fingerprint density at radius 2 is 0.933 bits per heavy atom. The fourth-order valence-corrected chi connectivity index (χ4v) is 6.02. The quantitative estimate of drug-likeness (QED) is 0.131. The average Bonchev–Trinajstić information content (AvgIpc) is 3.64. The Hall–Kier alpha value is -4.29. The molecule has 3 heterocycles. The van der Waals surface area contributed by atoms with Gasteiger partial charge in [-0.05, 0) is 41.8 Å². The van der Waals surface area contributed by atoms with E-state index in [0.717, 1.165) is 23.3 Å².